The summed E-state index contributed by atoms with van der Waals surface area (Å²) in [4.78, 5) is 18.3. The second-order valence-electron chi connectivity index (χ2n) is 7.30. The van der Waals surface area contributed by atoms with Crippen LogP contribution in [0.1, 0.15) is 17.3 Å². The summed E-state index contributed by atoms with van der Waals surface area (Å²) in [5, 5.41) is 0. The molecule has 8 heteroatoms. The van der Waals surface area contributed by atoms with Gasteiger partial charge in [-0.2, -0.15) is 0 Å². The van der Waals surface area contributed by atoms with Crippen LogP contribution in [0.5, 0.6) is 5.75 Å². The normalized spacial score (nSPS) is 17.7. The average Bonchev–Trinajstić information content (AvgIpc) is 2.93. The van der Waals surface area contributed by atoms with E-state index in [4.69, 9.17) is 0 Å². The number of halogens is 3. The van der Waals surface area contributed by atoms with E-state index >= 15 is 0 Å². The zero-order chi connectivity index (χ0) is 21.2. The maximum Gasteiger partial charge on any atom is 0.573 e. The van der Waals surface area contributed by atoms with Gasteiger partial charge in [0.05, 0.1) is 6.54 Å². The number of hydrogen-bond acceptors (Lipinski definition) is 4. The third-order valence-electron chi connectivity index (χ3n) is 4.92. The van der Waals surface area contributed by atoms with Crippen molar-refractivity contribution in [2.75, 3.05) is 39.1 Å². The third kappa shape index (κ3) is 5.20. The molecule has 1 heterocycles. The number of alkyl halides is 3. The number of ether oxygens (including phenoxy) is 1. The van der Waals surface area contributed by atoms with Crippen molar-refractivity contribution in [3.05, 3.63) is 59.7 Å². The number of carbonyl (C=O) groups excluding carboxylic acids is 1. The van der Waals surface area contributed by atoms with Gasteiger partial charge in [-0.25, -0.2) is 0 Å². The molecule has 29 heavy (non-hydrogen) atoms. The highest BCUT2D eigenvalue weighted by atomic mass is 19.4. The molecule has 1 atom stereocenters. The molecule has 0 spiro atoms. The minimum Gasteiger partial charge on any atom is -0.406 e. The van der Waals surface area contributed by atoms with E-state index in [-0.39, 0.29) is 17.8 Å². The van der Waals surface area contributed by atoms with Crippen LogP contribution >= 0.6 is 0 Å². The molecule has 0 saturated carbocycles. The molecule has 1 saturated heterocycles. The number of amides is 1. The van der Waals surface area contributed by atoms with Crippen LogP contribution in [0.4, 0.5) is 18.9 Å². The molecule has 3 rings (SSSR count). The van der Waals surface area contributed by atoms with E-state index < -0.39 is 6.36 Å². The highest BCUT2D eigenvalue weighted by Gasteiger charge is 2.36. The van der Waals surface area contributed by atoms with E-state index in [1.54, 1.807) is 12.1 Å². The van der Waals surface area contributed by atoms with Gasteiger partial charge < -0.3 is 14.5 Å². The molecule has 0 bridgehead atoms. The minimum absolute atomic E-state index is 0.0335. The summed E-state index contributed by atoms with van der Waals surface area (Å²) in [5.74, 6) is -0.219. The Balaban J connectivity index is 1.69. The topological polar surface area (TPSA) is 36.0 Å². The molecule has 1 fully saturated rings. The second kappa shape index (κ2) is 8.32. The van der Waals surface area contributed by atoms with Gasteiger partial charge in [-0.3, -0.25) is 9.69 Å². The summed E-state index contributed by atoms with van der Waals surface area (Å²) >= 11 is 0. The predicted molar refractivity (Wildman–Crippen MR) is 105 cm³/mol. The lowest BCUT2D eigenvalue weighted by Gasteiger charge is -2.29. The Morgan fingerprint density at radius 2 is 1.69 bits per heavy atom. The number of likely N-dealkylation sites (N-methyl/N-ethyl adjacent to an activating group) is 1. The molecule has 0 N–H and O–H groups in total. The van der Waals surface area contributed by atoms with Crippen LogP contribution in [0.3, 0.4) is 0 Å². The molecule has 2 aromatic rings. The van der Waals surface area contributed by atoms with Gasteiger partial charge >= 0.3 is 6.36 Å². The Morgan fingerprint density at radius 1 is 1.07 bits per heavy atom. The van der Waals surface area contributed by atoms with Crippen molar-refractivity contribution in [1.29, 1.82) is 0 Å². The standard InChI is InChI=1S/C21H24F3N3O2/c1-25(2)17-8-6-16(7-9-17)20-26(3)14-19(28)27(20)13-12-15-4-10-18(11-5-15)29-21(22,23)24/h4-11,20H,12-14H2,1-3H3. The average molecular weight is 407 g/mol. The van der Waals surface area contributed by atoms with Gasteiger partial charge in [-0.1, -0.05) is 24.3 Å². The molecule has 156 valence electrons. The minimum atomic E-state index is -4.70. The number of benzene rings is 2. The van der Waals surface area contributed by atoms with Gasteiger partial charge in [0.1, 0.15) is 11.9 Å². The van der Waals surface area contributed by atoms with E-state index in [1.165, 1.54) is 12.1 Å². The highest BCUT2D eigenvalue weighted by molar-refractivity contribution is 5.81. The molecule has 0 aromatic heterocycles. The fraction of sp³-hybridized carbons (Fsp3) is 0.381. The van der Waals surface area contributed by atoms with E-state index in [0.717, 1.165) is 16.8 Å². The first-order valence-corrected chi connectivity index (χ1v) is 9.26. The molecule has 0 aliphatic carbocycles. The summed E-state index contributed by atoms with van der Waals surface area (Å²) in [6.07, 6.45) is -4.33. The van der Waals surface area contributed by atoms with Crippen molar-refractivity contribution in [3.8, 4) is 5.75 Å². The zero-order valence-corrected chi connectivity index (χ0v) is 16.6. The molecule has 1 unspecified atom stereocenters. The van der Waals surface area contributed by atoms with Gasteiger partial charge in [-0.15, -0.1) is 13.2 Å². The Kier molecular flexibility index (Phi) is 6.02. The van der Waals surface area contributed by atoms with Crippen LogP contribution in [0.2, 0.25) is 0 Å². The van der Waals surface area contributed by atoms with Crippen molar-refractivity contribution < 1.29 is 22.7 Å². The van der Waals surface area contributed by atoms with Gasteiger partial charge in [0.2, 0.25) is 5.91 Å². The fourth-order valence-corrected chi connectivity index (χ4v) is 3.50. The van der Waals surface area contributed by atoms with Crippen LogP contribution in [-0.4, -0.2) is 56.3 Å². The summed E-state index contributed by atoms with van der Waals surface area (Å²) in [5.41, 5.74) is 2.94. The Hall–Kier alpha value is -2.74. The van der Waals surface area contributed by atoms with Crippen LogP contribution in [0.15, 0.2) is 48.5 Å². The van der Waals surface area contributed by atoms with E-state index in [0.29, 0.717) is 19.5 Å². The van der Waals surface area contributed by atoms with Crippen molar-refractivity contribution in [2.45, 2.75) is 18.9 Å². The third-order valence-corrected chi connectivity index (χ3v) is 4.92. The molecule has 1 aliphatic heterocycles. The van der Waals surface area contributed by atoms with Gasteiger partial charge in [0.25, 0.3) is 0 Å². The number of nitrogens with zero attached hydrogens (tertiary/aromatic N) is 3. The molecule has 0 radical (unpaired) electrons. The molecule has 2 aromatic carbocycles. The Morgan fingerprint density at radius 3 is 2.24 bits per heavy atom. The lowest BCUT2D eigenvalue weighted by molar-refractivity contribution is -0.274. The number of anilines is 1. The molecule has 5 nitrogen and oxygen atoms in total. The van der Waals surface area contributed by atoms with Crippen molar-refractivity contribution in [2.24, 2.45) is 0 Å². The lowest BCUT2D eigenvalue weighted by atomic mass is 10.1. The summed E-state index contributed by atoms with van der Waals surface area (Å²) < 4.78 is 40.7. The Bertz CT molecular complexity index is 836. The van der Waals surface area contributed by atoms with Gasteiger partial charge in [0, 0.05) is 26.3 Å². The smallest absolute Gasteiger partial charge is 0.406 e. The molecule has 1 aliphatic rings. The number of rotatable bonds is 6. The molecular formula is C21H24F3N3O2. The van der Waals surface area contributed by atoms with Crippen molar-refractivity contribution in [3.63, 3.8) is 0 Å². The number of carbonyl (C=O) groups is 1. The molecular weight excluding hydrogens is 383 g/mol. The van der Waals surface area contributed by atoms with Crippen LogP contribution in [-0.2, 0) is 11.2 Å². The maximum atomic E-state index is 12.5. The first kappa shape index (κ1) is 21.0. The quantitative estimate of drug-likeness (QED) is 0.732. The maximum absolute atomic E-state index is 12.5. The zero-order valence-electron chi connectivity index (χ0n) is 16.6. The van der Waals surface area contributed by atoms with Crippen LogP contribution < -0.4 is 9.64 Å². The van der Waals surface area contributed by atoms with Crippen molar-refractivity contribution >= 4 is 11.6 Å². The predicted octanol–water partition coefficient (Wildman–Crippen LogP) is 3.67. The van der Waals surface area contributed by atoms with Crippen LogP contribution in [0.25, 0.3) is 0 Å². The van der Waals surface area contributed by atoms with Gasteiger partial charge in [0.15, 0.2) is 0 Å². The van der Waals surface area contributed by atoms with E-state index in [2.05, 4.69) is 4.74 Å². The lowest BCUT2D eigenvalue weighted by Crippen LogP contribution is -2.32. The molecule has 1 amide bonds. The summed E-state index contributed by atoms with van der Waals surface area (Å²) in [6, 6.07) is 13.8. The second-order valence-corrected chi connectivity index (χ2v) is 7.30. The Labute approximate surface area is 168 Å². The van der Waals surface area contributed by atoms with Crippen LogP contribution in [0, 0.1) is 0 Å². The monoisotopic (exact) mass is 407 g/mol. The first-order chi connectivity index (χ1) is 13.6. The SMILES string of the molecule is CN(C)c1ccc(C2N(C)CC(=O)N2CCc2ccc(OC(F)(F)F)cc2)cc1. The summed E-state index contributed by atoms with van der Waals surface area (Å²) in [7, 11) is 5.85. The number of hydrogen-bond donors (Lipinski definition) is 0. The first-order valence-electron chi connectivity index (χ1n) is 9.26. The van der Waals surface area contributed by atoms with E-state index in [1.807, 2.05) is 60.1 Å². The van der Waals surface area contributed by atoms with Crippen molar-refractivity contribution in [1.82, 2.24) is 9.80 Å². The summed E-state index contributed by atoms with van der Waals surface area (Å²) in [6.45, 7) is 0.807. The highest BCUT2D eigenvalue weighted by Crippen LogP contribution is 2.31. The van der Waals surface area contributed by atoms with Gasteiger partial charge in [-0.05, 0) is 48.9 Å². The fourth-order valence-electron chi connectivity index (χ4n) is 3.50. The largest absolute Gasteiger partial charge is 0.573 e. The van der Waals surface area contributed by atoms with E-state index in [9.17, 15) is 18.0 Å².